The van der Waals surface area contributed by atoms with E-state index in [0.717, 1.165) is 18.4 Å². The van der Waals surface area contributed by atoms with Crippen molar-refractivity contribution < 1.29 is 4.39 Å². The Labute approximate surface area is 102 Å². The van der Waals surface area contributed by atoms with Crippen LogP contribution in [0.2, 0.25) is 0 Å². The van der Waals surface area contributed by atoms with Gasteiger partial charge in [0.25, 0.3) is 0 Å². The number of nitrogens with two attached hydrogens (primary N) is 1. The van der Waals surface area contributed by atoms with Crippen molar-refractivity contribution in [2.24, 2.45) is 5.73 Å². The molecule has 2 unspecified atom stereocenters. The quantitative estimate of drug-likeness (QED) is 0.847. The Hall–Kier alpha value is -0.930. The SMILES string of the molecule is C[C@H](NC1CCCC(N)C1)c1cccc(F)c1. The summed E-state index contributed by atoms with van der Waals surface area (Å²) < 4.78 is 13.1. The number of nitrogens with one attached hydrogen (secondary N) is 1. The summed E-state index contributed by atoms with van der Waals surface area (Å²) in [5, 5.41) is 3.55. The summed E-state index contributed by atoms with van der Waals surface area (Å²) in [5.74, 6) is -0.170. The van der Waals surface area contributed by atoms with Crippen LogP contribution < -0.4 is 11.1 Å². The van der Waals surface area contributed by atoms with Crippen molar-refractivity contribution >= 4 is 0 Å². The van der Waals surface area contributed by atoms with Gasteiger partial charge in [-0.2, -0.15) is 0 Å². The first-order valence-electron chi connectivity index (χ1n) is 6.42. The van der Waals surface area contributed by atoms with Crippen LogP contribution in [-0.4, -0.2) is 12.1 Å². The standard InChI is InChI=1S/C14H21FN2/c1-10(11-4-2-5-12(15)8-11)17-14-7-3-6-13(16)9-14/h2,4-5,8,10,13-14,17H,3,6-7,9,16H2,1H3/t10-,13?,14?/m0/s1. The zero-order valence-corrected chi connectivity index (χ0v) is 10.3. The second kappa shape index (κ2) is 5.61. The van der Waals surface area contributed by atoms with Gasteiger partial charge in [-0.05, 0) is 43.9 Å². The fraction of sp³-hybridized carbons (Fsp3) is 0.571. The van der Waals surface area contributed by atoms with E-state index in [1.807, 2.05) is 6.07 Å². The summed E-state index contributed by atoms with van der Waals surface area (Å²) in [6.07, 6.45) is 4.52. The molecule has 3 atom stereocenters. The van der Waals surface area contributed by atoms with E-state index < -0.39 is 0 Å². The van der Waals surface area contributed by atoms with Crippen LogP contribution >= 0.6 is 0 Å². The molecule has 1 aliphatic rings. The summed E-state index contributed by atoms with van der Waals surface area (Å²) in [6, 6.07) is 7.77. The Morgan fingerprint density at radius 3 is 2.94 bits per heavy atom. The third kappa shape index (κ3) is 3.51. The maximum absolute atomic E-state index is 13.1. The predicted molar refractivity (Wildman–Crippen MR) is 68.2 cm³/mol. The van der Waals surface area contributed by atoms with Gasteiger partial charge in [0, 0.05) is 18.1 Å². The number of rotatable bonds is 3. The Morgan fingerprint density at radius 2 is 2.24 bits per heavy atom. The van der Waals surface area contributed by atoms with Gasteiger partial charge < -0.3 is 11.1 Å². The fourth-order valence-electron chi connectivity index (χ4n) is 2.60. The highest BCUT2D eigenvalue weighted by Gasteiger charge is 2.20. The maximum atomic E-state index is 13.1. The molecule has 1 aliphatic carbocycles. The lowest BCUT2D eigenvalue weighted by molar-refractivity contribution is 0.318. The van der Waals surface area contributed by atoms with Crippen molar-refractivity contribution in [1.29, 1.82) is 0 Å². The van der Waals surface area contributed by atoms with E-state index >= 15 is 0 Å². The monoisotopic (exact) mass is 236 g/mol. The number of hydrogen-bond donors (Lipinski definition) is 2. The lowest BCUT2D eigenvalue weighted by Gasteiger charge is -2.30. The van der Waals surface area contributed by atoms with Crippen LogP contribution in [0, 0.1) is 5.82 Å². The van der Waals surface area contributed by atoms with Gasteiger partial charge in [0.05, 0.1) is 0 Å². The number of benzene rings is 1. The van der Waals surface area contributed by atoms with E-state index in [9.17, 15) is 4.39 Å². The van der Waals surface area contributed by atoms with Crippen LogP contribution in [-0.2, 0) is 0 Å². The van der Waals surface area contributed by atoms with E-state index in [-0.39, 0.29) is 11.9 Å². The molecule has 94 valence electrons. The van der Waals surface area contributed by atoms with Crippen molar-refractivity contribution in [3.8, 4) is 0 Å². The summed E-state index contributed by atoms with van der Waals surface area (Å²) in [5.41, 5.74) is 6.97. The molecule has 1 aromatic rings. The van der Waals surface area contributed by atoms with Gasteiger partial charge in [-0.1, -0.05) is 18.6 Å². The largest absolute Gasteiger partial charge is 0.328 e. The van der Waals surface area contributed by atoms with Crippen molar-refractivity contribution in [1.82, 2.24) is 5.32 Å². The van der Waals surface area contributed by atoms with E-state index in [1.165, 1.54) is 18.9 Å². The third-order valence-electron chi connectivity index (χ3n) is 3.55. The van der Waals surface area contributed by atoms with Crippen LogP contribution in [0.4, 0.5) is 4.39 Å². The van der Waals surface area contributed by atoms with Crippen LogP contribution in [0.5, 0.6) is 0 Å². The highest BCUT2D eigenvalue weighted by Crippen LogP contribution is 2.21. The Morgan fingerprint density at radius 1 is 1.41 bits per heavy atom. The van der Waals surface area contributed by atoms with Crippen molar-refractivity contribution in [3.05, 3.63) is 35.6 Å². The normalized spacial score (nSPS) is 26.8. The topological polar surface area (TPSA) is 38.0 Å². The minimum absolute atomic E-state index is 0.170. The first-order chi connectivity index (χ1) is 8.15. The molecule has 0 amide bonds. The van der Waals surface area contributed by atoms with E-state index in [4.69, 9.17) is 5.73 Å². The van der Waals surface area contributed by atoms with Crippen LogP contribution in [0.1, 0.15) is 44.2 Å². The molecule has 1 aromatic carbocycles. The second-order valence-corrected chi connectivity index (χ2v) is 5.07. The molecule has 1 saturated carbocycles. The highest BCUT2D eigenvalue weighted by atomic mass is 19.1. The Balaban J connectivity index is 1.94. The second-order valence-electron chi connectivity index (χ2n) is 5.07. The Kier molecular flexibility index (Phi) is 4.13. The minimum atomic E-state index is -0.170. The van der Waals surface area contributed by atoms with Crippen LogP contribution in [0.3, 0.4) is 0 Å². The lowest BCUT2D eigenvalue weighted by atomic mass is 9.91. The molecule has 1 fully saturated rings. The molecule has 3 heteroatoms. The fourth-order valence-corrected chi connectivity index (χ4v) is 2.60. The van der Waals surface area contributed by atoms with E-state index in [2.05, 4.69) is 12.2 Å². The first kappa shape index (κ1) is 12.5. The van der Waals surface area contributed by atoms with Gasteiger partial charge in [0.15, 0.2) is 0 Å². The average Bonchev–Trinajstić information content (AvgIpc) is 2.29. The molecular weight excluding hydrogens is 215 g/mol. The van der Waals surface area contributed by atoms with Gasteiger partial charge in [0.2, 0.25) is 0 Å². The van der Waals surface area contributed by atoms with Crippen LogP contribution in [0.25, 0.3) is 0 Å². The molecule has 0 saturated heterocycles. The smallest absolute Gasteiger partial charge is 0.123 e. The number of halogens is 1. The summed E-state index contributed by atoms with van der Waals surface area (Å²) in [4.78, 5) is 0. The molecule has 0 spiro atoms. The molecule has 0 bridgehead atoms. The molecule has 3 N–H and O–H groups in total. The molecule has 17 heavy (non-hydrogen) atoms. The summed E-state index contributed by atoms with van der Waals surface area (Å²) in [6.45, 7) is 2.08. The molecule has 0 aliphatic heterocycles. The zero-order chi connectivity index (χ0) is 12.3. The Bertz CT molecular complexity index is 367. The molecule has 2 rings (SSSR count). The lowest BCUT2D eigenvalue weighted by Crippen LogP contribution is -2.40. The molecular formula is C14H21FN2. The van der Waals surface area contributed by atoms with Crippen LogP contribution in [0.15, 0.2) is 24.3 Å². The van der Waals surface area contributed by atoms with E-state index in [0.29, 0.717) is 12.1 Å². The maximum Gasteiger partial charge on any atom is 0.123 e. The van der Waals surface area contributed by atoms with Crippen molar-refractivity contribution in [2.75, 3.05) is 0 Å². The minimum Gasteiger partial charge on any atom is -0.328 e. The van der Waals surface area contributed by atoms with Gasteiger partial charge in [-0.15, -0.1) is 0 Å². The van der Waals surface area contributed by atoms with E-state index in [1.54, 1.807) is 12.1 Å². The third-order valence-corrected chi connectivity index (χ3v) is 3.55. The van der Waals surface area contributed by atoms with Gasteiger partial charge in [-0.25, -0.2) is 4.39 Å². The van der Waals surface area contributed by atoms with Crippen molar-refractivity contribution in [3.63, 3.8) is 0 Å². The molecule has 0 aromatic heterocycles. The predicted octanol–water partition coefficient (Wildman–Crippen LogP) is 2.75. The van der Waals surface area contributed by atoms with Gasteiger partial charge in [-0.3, -0.25) is 0 Å². The van der Waals surface area contributed by atoms with Crippen molar-refractivity contribution in [2.45, 2.75) is 50.7 Å². The first-order valence-corrected chi connectivity index (χ1v) is 6.42. The zero-order valence-electron chi connectivity index (χ0n) is 10.3. The summed E-state index contributed by atoms with van der Waals surface area (Å²) in [7, 11) is 0. The van der Waals surface area contributed by atoms with Gasteiger partial charge >= 0.3 is 0 Å². The molecule has 0 radical (unpaired) electrons. The molecule has 0 heterocycles. The average molecular weight is 236 g/mol. The summed E-state index contributed by atoms with van der Waals surface area (Å²) >= 11 is 0. The van der Waals surface area contributed by atoms with Gasteiger partial charge in [0.1, 0.15) is 5.82 Å². The number of hydrogen-bond acceptors (Lipinski definition) is 2. The highest BCUT2D eigenvalue weighted by molar-refractivity contribution is 5.19. The molecule has 2 nitrogen and oxygen atoms in total.